The molecule has 19 heavy (non-hydrogen) atoms. The second-order valence-corrected chi connectivity index (χ2v) is 3.89. The second-order valence-electron chi connectivity index (χ2n) is 3.89. The molecule has 1 aromatic heterocycles. The predicted molar refractivity (Wildman–Crippen MR) is 73.7 cm³/mol. The first-order valence-corrected chi connectivity index (χ1v) is 5.89. The standard InChI is InChI=1S/C15H15NO3/c1-18-15(17)11-19-14-8-5-12(6-9-14)4-7-13-3-2-10-16-13/h2-10,16H,11H2,1H3/b7-4+. The van der Waals surface area contributed by atoms with Gasteiger partial charge in [0.25, 0.3) is 0 Å². The molecule has 0 unspecified atom stereocenters. The van der Waals surface area contributed by atoms with Crippen molar-refractivity contribution in [2.24, 2.45) is 0 Å². The van der Waals surface area contributed by atoms with E-state index in [1.807, 2.05) is 54.7 Å². The SMILES string of the molecule is COC(=O)COc1ccc(/C=C/c2ccc[nH]2)cc1. The fraction of sp³-hybridized carbons (Fsp3) is 0.133. The van der Waals surface area contributed by atoms with Gasteiger partial charge in [0.15, 0.2) is 6.61 Å². The quantitative estimate of drug-likeness (QED) is 0.838. The highest BCUT2D eigenvalue weighted by Crippen LogP contribution is 2.14. The molecule has 0 aliphatic carbocycles. The summed E-state index contributed by atoms with van der Waals surface area (Å²) in [5, 5.41) is 0. The number of benzene rings is 1. The molecule has 1 N–H and O–H groups in total. The Morgan fingerprint density at radius 3 is 2.63 bits per heavy atom. The van der Waals surface area contributed by atoms with E-state index in [-0.39, 0.29) is 6.61 Å². The van der Waals surface area contributed by atoms with Crippen molar-refractivity contribution in [3.8, 4) is 5.75 Å². The van der Waals surface area contributed by atoms with Crippen molar-refractivity contribution in [1.82, 2.24) is 4.98 Å². The van der Waals surface area contributed by atoms with Gasteiger partial charge in [-0.15, -0.1) is 0 Å². The Kier molecular flexibility index (Phi) is 4.39. The average molecular weight is 257 g/mol. The number of aromatic amines is 1. The van der Waals surface area contributed by atoms with Crippen molar-refractivity contribution < 1.29 is 14.3 Å². The van der Waals surface area contributed by atoms with E-state index < -0.39 is 5.97 Å². The number of hydrogen-bond acceptors (Lipinski definition) is 3. The minimum absolute atomic E-state index is 0.0752. The Balaban J connectivity index is 1.93. The van der Waals surface area contributed by atoms with Crippen molar-refractivity contribution in [3.05, 3.63) is 53.9 Å². The summed E-state index contributed by atoms with van der Waals surface area (Å²) in [6.45, 7) is -0.0752. The van der Waals surface area contributed by atoms with Gasteiger partial charge in [0, 0.05) is 11.9 Å². The zero-order valence-corrected chi connectivity index (χ0v) is 10.6. The van der Waals surface area contributed by atoms with Crippen LogP contribution in [0.1, 0.15) is 11.3 Å². The molecule has 4 heteroatoms. The van der Waals surface area contributed by atoms with Crippen molar-refractivity contribution in [2.75, 3.05) is 13.7 Å². The van der Waals surface area contributed by atoms with Crippen LogP contribution in [0.4, 0.5) is 0 Å². The van der Waals surface area contributed by atoms with E-state index in [0.717, 1.165) is 11.3 Å². The van der Waals surface area contributed by atoms with Crippen LogP contribution in [-0.4, -0.2) is 24.7 Å². The zero-order valence-electron chi connectivity index (χ0n) is 10.6. The maximum absolute atomic E-state index is 10.9. The Labute approximate surface area is 111 Å². The Bertz CT molecular complexity index is 541. The van der Waals surface area contributed by atoms with Crippen LogP contribution < -0.4 is 4.74 Å². The fourth-order valence-electron chi connectivity index (χ4n) is 1.51. The van der Waals surface area contributed by atoms with Crippen LogP contribution in [0.5, 0.6) is 5.75 Å². The molecule has 0 atom stereocenters. The monoisotopic (exact) mass is 257 g/mol. The van der Waals surface area contributed by atoms with Gasteiger partial charge < -0.3 is 14.5 Å². The van der Waals surface area contributed by atoms with Gasteiger partial charge in [0.2, 0.25) is 0 Å². The van der Waals surface area contributed by atoms with E-state index in [4.69, 9.17) is 4.74 Å². The first kappa shape index (κ1) is 13.0. The van der Waals surface area contributed by atoms with E-state index in [2.05, 4.69) is 9.72 Å². The van der Waals surface area contributed by atoms with Crippen LogP contribution in [-0.2, 0) is 9.53 Å². The summed E-state index contributed by atoms with van der Waals surface area (Å²) in [4.78, 5) is 14.0. The fourth-order valence-corrected chi connectivity index (χ4v) is 1.51. The molecule has 0 fully saturated rings. The van der Waals surface area contributed by atoms with Gasteiger partial charge in [-0.1, -0.05) is 18.2 Å². The van der Waals surface area contributed by atoms with Crippen LogP contribution in [0.15, 0.2) is 42.6 Å². The molecular weight excluding hydrogens is 242 g/mol. The third-order valence-corrected chi connectivity index (χ3v) is 2.54. The first-order chi connectivity index (χ1) is 9.28. The Morgan fingerprint density at radius 2 is 2.00 bits per heavy atom. The lowest BCUT2D eigenvalue weighted by Crippen LogP contribution is -2.12. The molecule has 98 valence electrons. The Morgan fingerprint density at radius 1 is 1.21 bits per heavy atom. The normalized spacial score (nSPS) is 10.6. The van der Waals surface area contributed by atoms with Gasteiger partial charge in [-0.2, -0.15) is 0 Å². The maximum atomic E-state index is 10.9. The lowest BCUT2D eigenvalue weighted by molar-refractivity contribution is -0.142. The molecule has 1 aromatic carbocycles. The zero-order chi connectivity index (χ0) is 13.5. The van der Waals surface area contributed by atoms with Crippen molar-refractivity contribution in [3.63, 3.8) is 0 Å². The second kappa shape index (κ2) is 6.44. The summed E-state index contributed by atoms with van der Waals surface area (Å²) in [5.74, 6) is 0.248. The van der Waals surface area contributed by atoms with Crippen LogP contribution in [0, 0.1) is 0 Å². The predicted octanol–water partition coefficient (Wildman–Crippen LogP) is 2.74. The molecule has 4 nitrogen and oxygen atoms in total. The topological polar surface area (TPSA) is 51.3 Å². The van der Waals surface area contributed by atoms with Crippen LogP contribution in [0.25, 0.3) is 12.2 Å². The van der Waals surface area contributed by atoms with Gasteiger partial charge >= 0.3 is 5.97 Å². The molecule has 2 aromatic rings. The summed E-state index contributed by atoms with van der Waals surface area (Å²) < 4.78 is 9.76. The Hall–Kier alpha value is -2.49. The molecule has 0 amide bonds. The number of carbonyl (C=O) groups excluding carboxylic acids is 1. The molecule has 2 rings (SSSR count). The molecule has 0 saturated carbocycles. The van der Waals surface area contributed by atoms with Gasteiger partial charge in [-0.25, -0.2) is 4.79 Å². The number of nitrogens with one attached hydrogen (secondary N) is 1. The molecule has 0 saturated heterocycles. The average Bonchev–Trinajstić information content (AvgIpc) is 2.97. The highest BCUT2D eigenvalue weighted by Gasteiger charge is 2.00. The number of esters is 1. The van der Waals surface area contributed by atoms with Crippen molar-refractivity contribution in [2.45, 2.75) is 0 Å². The summed E-state index contributed by atoms with van der Waals surface area (Å²) in [7, 11) is 1.33. The smallest absolute Gasteiger partial charge is 0.343 e. The molecule has 0 bridgehead atoms. The molecule has 1 heterocycles. The van der Waals surface area contributed by atoms with E-state index in [1.54, 1.807) is 0 Å². The summed E-state index contributed by atoms with van der Waals surface area (Å²) >= 11 is 0. The number of hydrogen-bond donors (Lipinski definition) is 1. The molecule has 0 spiro atoms. The van der Waals surface area contributed by atoms with Crippen molar-refractivity contribution in [1.29, 1.82) is 0 Å². The number of rotatable bonds is 5. The van der Waals surface area contributed by atoms with E-state index in [0.29, 0.717) is 5.75 Å². The number of aromatic nitrogens is 1. The van der Waals surface area contributed by atoms with Gasteiger partial charge in [0.05, 0.1) is 7.11 Å². The summed E-state index contributed by atoms with van der Waals surface area (Å²) in [5.41, 5.74) is 2.10. The highest BCUT2D eigenvalue weighted by atomic mass is 16.6. The van der Waals surface area contributed by atoms with E-state index in [9.17, 15) is 4.79 Å². The highest BCUT2D eigenvalue weighted by molar-refractivity contribution is 5.71. The maximum Gasteiger partial charge on any atom is 0.343 e. The molecular formula is C15H15NO3. The molecule has 0 aliphatic heterocycles. The number of carbonyl (C=O) groups is 1. The lowest BCUT2D eigenvalue weighted by atomic mass is 10.2. The number of ether oxygens (including phenoxy) is 2. The first-order valence-electron chi connectivity index (χ1n) is 5.89. The minimum Gasteiger partial charge on any atom is -0.482 e. The minimum atomic E-state index is -0.393. The van der Waals surface area contributed by atoms with Crippen LogP contribution >= 0.6 is 0 Å². The molecule has 0 radical (unpaired) electrons. The third kappa shape index (κ3) is 4.03. The summed E-state index contributed by atoms with van der Waals surface area (Å²) in [6.07, 6.45) is 5.86. The van der Waals surface area contributed by atoms with Crippen LogP contribution in [0.2, 0.25) is 0 Å². The molecule has 0 aliphatic rings. The van der Waals surface area contributed by atoms with Crippen LogP contribution in [0.3, 0.4) is 0 Å². The lowest BCUT2D eigenvalue weighted by Gasteiger charge is -2.04. The third-order valence-electron chi connectivity index (χ3n) is 2.54. The summed E-state index contributed by atoms with van der Waals surface area (Å²) in [6, 6.07) is 11.4. The van der Waals surface area contributed by atoms with E-state index in [1.165, 1.54) is 7.11 Å². The van der Waals surface area contributed by atoms with Gasteiger partial charge in [-0.05, 0) is 35.9 Å². The largest absolute Gasteiger partial charge is 0.482 e. The van der Waals surface area contributed by atoms with Gasteiger partial charge in [-0.3, -0.25) is 0 Å². The van der Waals surface area contributed by atoms with E-state index >= 15 is 0 Å². The van der Waals surface area contributed by atoms with Crippen molar-refractivity contribution >= 4 is 18.1 Å². The number of H-pyrrole nitrogens is 1. The number of methoxy groups -OCH3 is 1. The van der Waals surface area contributed by atoms with Gasteiger partial charge in [0.1, 0.15) is 5.75 Å².